The fourth-order valence-corrected chi connectivity index (χ4v) is 8.24. The minimum atomic E-state index is -1.12. The summed E-state index contributed by atoms with van der Waals surface area (Å²) in [5.74, 6) is -1.14. The zero-order chi connectivity index (χ0) is 45.2. The molecule has 330 valence electrons. The number of carbonyl (C=O) groups excluding carboxylic acids is 4. The zero-order valence-electron chi connectivity index (χ0n) is 35.3. The second kappa shape index (κ2) is 21.3. The molecule has 0 spiro atoms. The number of aromatic nitrogens is 2. The SMILES string of the molecule is CC(NC(=O)C1CCCN1C)C(=O)OCC(COc1ccc(-c2c(C#N)c(N)nc(SCc3coc(-c4ccc(Cl)cc4)n3)c2C#N)cc1)OC(=O)C(C)NC(=O)C1CCCN1C. The third-order valence-corrected chi connectivity index (χ3v) is 12.0. The number of carbonyl (C=O) groups is 4. The van der Waals surface area contributed by atoms with E-state index in [2.05, 4.69) is 32.7 Å². The first-order chi connectivity index (χ1) is 30.3. The predicted octanol–water partition coefficient (Wildman–Crippen LogP) is 4.71. The van der Waals surface area contributed by atoms with Crippen molar-refractivity contribution >= 4 is 52.9 Å². The van der Waals surface area contributed by atoms with Crippen molar-refractivity contribution in [3.05, 3.63) is 76.6 Å². The molecule has 2 aliphatic rings. The molecule has 2 fully saturated rings. The van der Waals surface area contributed by atoms with E-state index < -0.39 is 36.7 Å². The van der Waals surface area contributed by atoms with Crippen LogP contribution in [-0.4, -0.2) is 114 Å². The van der Waals surface area contributed by atoms with Crippen molar-refractivity contribution in [3.8, 4) is 40.5 Å². The average Bonchev–Trinajstić information content (AvgIpc) is 4.05. The third kappa shape index (κ3) is 11.6. The van der Waals surface area contributed by atoms with Crippen LogP contribution in [-0.2, 0) is 34.4 Å². The molecule has 19 heteroatoms. The van der Waals surface area contributed by atoms with E-state index in [-0.39, 0.29) is 58.8 Å². The van der Waals surface area contributed by atoms with Crippen LogP contribution >= 0.6 is 23.4 Å². The van der Waals surface area contributed by atoms with E-state index in [9.17, 15) is 29.7 Å². The smallest absolute Gasteiger partial charge is 0.328 e. The predicted molar refractivity (Wildman–Crippen MR) is 233 cm³/mol. The molecule has 6 rings (SSSR count). The number of thioether (sulfide) groups is 1. The number of benzene rings is 2. The van der Waals surface area contributed by atoms with E-state index in [0.29, 0.717) is 45.8 Å². The van der Waals surface area contributed by atoms with Gasteiger partial charge >= 0.3 is 11.9 Å². The fraction of sp³-hybridized carbons (Fsp3) is 0.409. The maximum absolute atomic E-state index is 13.3. The monoisotopic (exact) mass is 897 g/mol. The number of likely N-dealkylation sites (tertiary alicyclic amines) is 2. The van der Waals surface area contributed by atoms with Crippen LogP contribution in [0.4, 0.5) is 5.82 Å². The number of rotatable bonds is 17. The molecule has 2 aliphatic heterocycles. The number of esters is 2. The summed E-state index contributed by atoms with van der Waals surface area (Å²) in [5.41, 5.74) is 8.51. The topological polar surface area (TPSA) is 239 Å². The maximum Gasteiger partial charge on any atom is 0.328 e. The minimum absolute atomic E-state index is 0.0197. The third-order valence-electron chi connectivity index (χ3n) is 10.8. The number of hydrogen-bond donors (Lipinski definition) is 3. The Balaban J connectivity index is 1.14. The molecule has 2 saturated heterocycles. The van der Waals surface area contributed by atoms with E-state index in [4.69, 9.17) is 36.0 Å². The highest BCUT2D eigenvalue weighted by Gasteiger charge is 2.33. The first-order valence-corrected chi connectivity index (χ1v) is 21.7. The highest BCUT2D eigenvalue weighted by molar-refractivity contribution is 7.98. The molecule has 5 unspecified atom stereocenters. The van der Waals surface area contributed by atoms with Crippen molar-refractivity contribution < 1.29 is 37.8 Å². The van der Waals surface area contributed by atoms with Crippen LogP contribution in [0.2, 0.25) is 5.02 Å². The number of nitrogen functional groups attached to an aromatic ring is 1. The van der Waals surface area contributed by atoms with Gasteiger partial charge in [-0.1, -0.05) is 35.5 Å². The number of ether oxygens (including phenoxy) is 3. The number of amides is 2. The van der Waals surface area contributed by atoms with E-state index in [1.165, 1.54) is 31.9 Å². The summed E-state index contributed by atoms with van der Waals surface area (Å²) >= 11 is 7.22. The number of nitrogens with zero attached hydrogens (tertiary/aromatic N) is 6. The summed E-state index contributed by atoms with van der Waals surface area (Å²) in [6.07, 6.45) is 3.47. The Morgan fingerprint density at radius 2 is 1.46 bits per heavy atom. The van der Waals surface area contributed by atoms with Crippen molar-refractivity contribution in [1.82, 2.24) is 30.4 Å². The van der Waals surface area contributed by atoms with Gasteiger partial charge < -0.3 is 35.0 Å². The van der Waals surface area contributed by atoms with Crippen LogP contribution in [0.1, 0.15) is 56.4 Å². The number of nitriles is 2. The molecule has 0 bridgehead atoms. The van der Waals surface area contributed by atoms with Crippen molar-refractivity contribution in [1.29, 1.82) is 10.5 Å². The number of hydrogen-bond acceptors (Lipinski definition) is 16. The lowest BCUT2D eigenvalue weighted by molar-refractivity contribution is -0.163. The Kier molecular flexibility index (Phi) is 15.6. The molecule has 0 aliphatic carbocycles. The second-order valence-corrected chi connectivity index (χ2v) is 16.8. The molecule has 5 atom stereocenters. The first kappa shape index (κ1) is 46.3. The zero-order valence-corrected chi connectivity index (χ0v) is 36.8. The van der Waals surface area contributed by atoms with Gasteiger partial charge in [0.25, 0.3) is 0 Å². The summed E-state index contributed by atoms with van der Waals surface area (Å²) < 4.78 is 22.9. The number of anilines is 1. The number of nitrogens with one attached hydrogen (secondary N) is 2. The quantitative estimate of drug-likeness (QED) is 0.0961. The Morgan fingerprint density at radius 1 is 0.873 bits per heavy atom. The molecule has 0 radical (unpaired) electrons. The Bertz CT molecular complexity index is 2380. The highest BCUT2D eigenvalue weighted by atomic mass is 35.5. The molecule has 0 saturated carbocycles. The van der Waals surface area contributed by atoms with Crippen molar-refractivity contribution in [3.63, 3.8) is 0 Å². The van der Waals surface area contributed by atoms with E-state index in [0.717, 1.165) is 31.5 Å². The standard InChI is InChI=1S/C44H48ClN9O8S/c1-25(49-39(55)35-7-5-17-53(35)3)43(57)61-23-32(62-44(58)26(2)50-40(56)36-8-6-18-54(36)4)22-59-31-15-11-27(12-16-31)37-33(19-46)38(48)52-42(34(37)20-47)63-24-30-21-60-41(51-30)28-9-13-29(45)14-10-28/h9-16,21,25-26,32,35-36H,5-8,17-18,22-24H2,1-4H3,(H2,48,52)(H,49,55)(H,50,56). The molecule has 17 nitrogen and oxygen atoms in total. The summed E-state index contributed by atoms with van der Waals surface area (Å²) in [6, 6.07) is 15.1. The Labute approximate surface area is 374 Å². The van der Waals surface area contributed by atoms with Gasteiger partial charge in [-0.2, -0.15) is 10.5 Å². The lowest BCUT2D eigenvalue weighted by Crippen LogP contribution is -2.49. The first-order valence-electron chi connectivity index (χ1n) is 20.3. The number of likely N-dealkylation sites (N-methyl/N-ethyl adjacent to an activating group) is 2. The Hall–Kier alpha value is -6.18. The molecule has 2 amide bonds. The maximum atomic E-state index is 13.3. The van der Waals surface area contributed by atoms with Gasteiger partial charge in [0, 0.05) is 21.9 Å². The van der Waals surface area contributed by atoms with Gasteiger partial charge in [0.2, 0.25) is 17.7 Å². The highest BCUT2D eigenvalue weighted by Crippen LogP contribution is 2.37. The van der Waals surface area contributed by atoms with Crippen LogP contribution in [0.15, 0.2) is 64.2 Å². The lowest BCUT2D eigenvalue weighted by Gasteiger charge is -2.24. The van der Waals surface area contributed by atoms with Crippen molar-refractivity contribution in [2.45, 2.75) is 80.6 Å². The largest absolute Gasteiger partial charge is 0.490 e. The van der Waals surface area contributed by atoms with Crippen LogP contribution in [0.25, 0.3) is 22.6 Å². The number of halogens is 1. The summed E-state index contributed by atoms with van der Waals surface area (Å²) in [7, 11) is 3.70. The van der Waals surface area contributed by atoms with E-state index in [1.807, 2.05) is 23.9 Å². The van der Waals surface area contributed by atoms with E-state index >= 15 is 0 Å². The van der Waals surface area contributed by atoms with Gasteiger partial charge in [-0.05, 0) is 109 Å². The van der Waals surface area contributed by atoms with Crippen LogP contribution < -0.4 is 21.1 Å². The lowest BCUT2D eigenvalue weighted by atomic mass is 9.97. The normalized spacial score (nSPS) is 17.8. The molecule has 4 heterocycles. The summed E-state index contributed by atoms with van der Waals surface area (Å²) in [4.78, 5) is 64.8. The van der Waals surface area contributed by atoms with Crippen molar-refractivity contribution in [2.75, 3.05) is 46.1 Å². The van der Waals surface area contributed by atoms with Crippen LogP contribution in [0.5, 0.6) is 5.75 Å². The number of oxazole rings is 1. The molecule has 2 aromatic carbocycles. The molecular weight excluding hydrogens is 850 g/mol. The molecule has 2 aromatic heterocycles. The average molecular weight is 898 g/mol. The molecular formula is C44H48ClN9O8S. The van der Waals surface area contributed by atoms with Gasteiger partial charge in [0.1, 0.15) is 65.9 Å². The van der Waals surface area contributed by atoms with Gasteiger partial charge in [-0.25, -0.2) is 19.6 Å². The van der Waals surface area contributed by atoms with Gasteiger partial charge in [0.15, 0.2) is 6.10 Å². The summed E-state index contributed by atoms with van der Waals surface area (Å²) in [6.45, 7) is 3.88. The van der Waals surface area contributed by atoms with Crippen LogP contribution in [0, 0.1) is 22.7 Å². The van der Waals surface area contributed by atoms with Gasteiger partial charge in [-0.15, -0.1) is 0 Å². The molecule has 63 heavy (non-hydrogen) atoms. The van der Waals surface area contributed by atoms with Gasteiger partial charge in [0.05, 0.1) is 23.3 Å². The number of pyridine rings is 1. The number of nitrogens with two attached hydrogens (primary N) is 1. The summed E-state index contributed by atoms with van der Waals surface area (Å²) in [5, 5.41) is 26.7. The minimum Gasteiger partial charge on any atom is -0.490 e. The van der Waals surface area contributed by atoms with Gasteiger partial charge in [-0.3, -0.25) is 19.4 Å². The van der Waals surface area contributed by atoms with Crippen molar-refractivity contribution in [2.24, 2.45) is 0 Å². The molecule has 4 aromatic rings. The molecule has 4 N–H and O–H groups in total. The Morgan fingerprint density at radius 3 is 2.03 bits per heavy atom. The fourth-order valence-electron chi connectivity index (χ4n) is 7.24. The second-order valence-electron chi connectivity index (χ2n) is 15.4. The van der Waals surface area contributed by atoms with Crippen LogP contribution in [0.3, 0.4) is 0 Å². The van der Waals surface area contributed by atoms with E-state index in [1.54, 1.807) is 48.5 Å².